The van der Waals surface area contributed by atoms with E-state index in [9.17, 15) is 14.0 Å². The van der Waals surface area contributed by atoms with Gasteiger partial charge in [-0.1, -0.05) is 6.07 Å². The Hall–Kier alpha value is -3.69. The van der Waals surface area contributed by atoms with Crippen LogP contribution in [0.3, 0.4) is 0 Å². The van der Waals surface area contributed by atoms with Gasteiger partial charge < -0.3 is 15.2 Å². The number of hydrogen-bond acceptors (Lipinski definition) is 5. The summed E-state index contributed by atoms with van der Waals surface area (Å²) in [5.41, 5.74) is 1.62. The maximum absolute atomic E-state index is 13.3. The first kappa shape index (κ1) is 20.1. The number of aromatic carboxylic acids is 1. The van der Waals surface area contributed by atoms with Crippen molar-refractivity contribution in [2.75, 3.05) is 5.32 Å². The van der Waals surface area contributed by atoms with E-state index in [0.29, 0.717) is 22.8 Å². The molecule has 9 nitrogen and oxygen atoms in total. The van der Waals surface area contributed by atoms with Gasteiger partial charge in [0.25, 0.3) is 0 Å². The van der Waals surface area contributed by atoms with Crippen LogP contribution in [0.5, 0.6) is 5.75 Å². The van der Waals surface area contributed by atoms with Gasteiger partial charge >= 0.3 is 5.97 Å². The average Bonchev–Trinajstić information content (AvgIpc) is 3.27. The van der Waals surface area contributed by atoms with Crippen LogP contribution in [0.1, 0.15) is 34.8 Å². The zero-order valence-electron chi connectivity index (χ0n) is 16.1. The van der Waals surface area contributed by atoms with Crippen molar-refractivity contribution in [3.8, 4) is 5.75 Å². The van der Waals surface area contributed by atoms with Crippen molar-refractivity contribution in [3.63, 3.8) is 0 Å². The fraction of sp³-hybridized carbons (Fsp3) is 0.263. The van der Waals surface area contributed by atoms with Gasteiger partial charge in [-0.05, 0) is 39.0 Å². The van der Waals surface area contributed by atoms with E-state index in [1.54, 1.807) is 37.6 Å². The second-order valence-corrected chi connectivity index (χ2v) is 6.43. The highest BCUT2D eigenvalue weighted by Crippen LogP contribution is 2.22. The Morgan fingerprint density at radius 3 is 2.69 bits per heavy atom. The summed E-state index contributed by atoms with van der Waals surface area (Å²) >= 11 is 0. The number of hydrogen-bond donors (Lipinski definition) is 2. The summed E-state index contributed by atoms with van der Waals surface area (Å²) in [6.45, 7) is 5.16. The molecule has 29 heavy (non-hydrogen) atoms. The Morgan fingerprint density at radius 1 is 1.28 bits per heavy atom. The number of rotatable bonds is 7. The number of anilines is 1. The lowest BCUT2D eigenvalue weighted by molar-refractivity contribution is -0.119. The first-order chi connectivity index (χ1) is 13.8. The standard InChI is InChI=1S/C19H20FN5O4/c1-11-17(21-18(26)13(3)24-8-7-16(23-24)19(27)28)12(2)25(22-11)10-29-15-6-4-5-14(20)9-15/h4-9,13H,10H2,1-3H3,(H,21,26)(H,27,28). The largest absolute Gasteiger partial charge is 0.476 e. The van der Waals surface area contributed by atoms with Crippen molar-refractivity contribution in [1.82, 2.24) is 19.6 Å². The highest BCUT2D eigenvalue weighted by atomic mass is 19.1. The van der Waals surface area contributed by atoms with Crippen LogP contribution >= 0.6 is 0 Å². The molecular weight excluding hydrogens is 381 g/mol. The fourth-order valence-electron chi connectivity index (χ4n) is 2.71. The molecule has 0 saturated heterocycles. The van der Waals surface area contributed by atoms with E-state index in [0.717, 1.165) is 0 Å². The van der Waals surface area contributed by atoms with Gasteiger partial charge in [-0.25, -0.2) is 13.9 Å². The summed E-state index contributed by atoms with van der Waals surface area (Å²) in [4.78, 5) is 23.5. The topological polar surface area (TPSA) is 111 Å². The predicted molar refractivity (Wildman–Crippen MR) is 101 cm³/mol. The number of aryl methyl sites for hydroxylation is 1. The molecule has 1 unspecified atom stereocenters. The van der Waals surface area contributed by atoms with Crippen LogP contribution in [0.2, 0.25) is 0 Å². The molecule has 0 aliphatic carbocycles. The van der Waals surface area contributed by atoms with E-state index in [1.165, 1.54) is 29.1 Å². The van der Waals surface area contributed by atoms with Gasteiger partial charge in [0.05, 0.1) is 17.1 Å². The molecule has 3 aromatic rings. The van der Waals surface area contributed by atoms with Crippen LogP contribution in [0.4, 0.5) is 10.1 Å². The number of amides is 1. The van der Waals surface area contributed by atoms with Crippen LogP contribution in [0.25, 0.3) is 0 Å². The van der Waals surface area contributed by atoms with Crippen molar-refractivity contribution < 1.29 is 23.8 Å². The summed E-state index contributed by atoms with van der Waals surface area (Å²) in [7, 11) is 0. The first-order valence-corrected chi connectivity index (χ1v) is 8.78. The van der Waals surface area contributed by atoms with Gasteiger partial charge in [0.2, 0.25) is 5.91 Å². The number of carboxylic acids is 1. The van der Waals surface area contributed by atoms with Gasteiger partial charge in [-0.2, -0.15) is 10.2 Å². The van der Waals surface area contributed by atoms with E-state index in [-0.39, 0.29) is 18.3 Å². The van der Waals surface area contributed by atoms with E-state index < -0.39 is 17.8 Å². The number of halogens is 1. The average molecular weight is 401 g/mol. The number of nitrogens with zero attached hydrogens (tertiary/aromatic N) is 4. The Bertz CT molecular complexity index is 1060. The number of nitrogens with one attached hydrogen (secondary N) is 1. The van der Waals surface area contributed by atoms with Crippen LogP contribution < -0.4 is 10.1 Å². The van der Waals surface area contributed by atoms with Gasteiger partial charge in [-0.3, -0.25) is 9.48 Å². The predicted octanol–water partition coefficient (Wildman–Crippen LogP) is 2.77. The zero-order chi connectivity index (χ0) is 21.1. The number of ether oxygens (including phenoxy) is 1. The highest BCUT2D eigenvalue weighted by Gasteiger charge is 2.21. The van der Waals surface area contributed by atoms with Gasteiger partial charge in [-0.15, -0.1) is 0 Å². The molecule has 1 atom stereocenters. The van der Waals surface area contributed by atoms with Crippen molar-refractivity contribution in [2.24, 2.45) is 0 Å². The molecule has 10 heteroatoms. The van der Waals surface area contributed by atoms with Crippen molar-refractivity contribution in [1.29, 1.82) is 0 Å². The van der Waals surface area contributed by atoms with E-state index in [2.05, 4.69) is 15.5 Å². The van der Waals surface area contributed by atoms with Crippen LogP contribution in [0, 0.1) is 19.7 Å². The van der Waals surface area contributed by atoms with Gasteiger partial charge in [0.15, 0.2) is 12.4 Å². The molecule has 0 bridgehead atoms. The van der Waals surface area contributed by atoms with Gasteiger partial charge in [0, 0.05) is 12.3 Å². The van der Waals surface area contributed by atoms with Crippen LogP contribution in [-0.4, -0.2) is 36.5 Å². The Balaban J connectivity index is 1.70. The fourth-order valence-corrected chi connectivity index (χ4v) is 2.71. The summed E-state index contributed by atoms with van der Waals surface area (Å²) in [6, 6.07) is 6.37. The zero-order valence-corrected chi connectivity index (χ0v) is 16.1. The third kappa shape index (κ3) is 4.42. The minimum Gasteiger partial charge on any atom is -0.476 e. The molecule has 0 radical (unpaired) electrons. The third-order valence-electron chi connectivity index (χ3n) is 4.38. The van der Waals surface area contributed by atoms with Crippen molar-refractivity contribution in [2.45, 2.75) is 33.5 Å². The lowest BCUT2D eigenvalue weighted by Gasteiger charge is -2.13. The summed E-state index contributed by atoms with van der Waals surface area (Å²) < 4.78 is 21.6. The lowest BCUT2D eigenvalue weighted by atomic mass is 10.2. The number of carbonyl (C=O) groups is 2. The number of carbonyl (C=O) groups excluding carboxylic acids is 1. The minimum atomic E-state index is -1.16. The third-order valence-corrected chi connectivity index (χ3v) is 4.38. The second-order valence-electron chi connectivity index (χ2n) is 6.43. The molecule has 0 saturated carbocycles. The summed E-state index contributed by atoms with van der Waals surface area (Å²) in [5.74, 6) is -1.57. The molecule has 2 aromatic heterocycles. The van der Waals surface area contributed by atoms with E-state index in [4.69, 9.17) is 9.84 Å². The van der Waals surface area contributed by atoms with Crippen LogP contribution in [0.15, 0.2) is 36.5 Å². The molecule has 0 aliphatic rings. The van der Waals surface area contributed by atoms with Crippen molar-refractivity contribution >= 4 is 17.6 Å². The molecule has 3 rings (SSSR count). The number of benzene rings is 1. The van der Waals surface area contributed by atoms with Crippen molar-refractivity contribution in [3.05, 3.63) is 59.4 Å². The van der Waals surface area contributed by atoms with Gasteiger partial charge in [0.1, 0.15) is 17.6 Å². The molecular formula is C19H20FN5O4. The first-order valence-electron chi connectivity index (χ1n) is 8.78. The number of carboxylic acid groups (broad SMARTS) is 1. The quantitative estimate of drug-likeness (QED) is 0.630. The van der Waals surface area contributed by atoms with Crippen LogP contribution in [-0.2, 0) is 11.5 Å². The second kappa shape index (κ2) is 8.13. The molecule has 152 valence electrons. The Morgan fingerprint density at radius 2 is 2.03 bits per heavy atom. The summed E-state index contributed by atoms with van der Waals surface area (Å²) in [6.07, 6.45) is 1.43. The molecule has 1 aromatic carbocycles. The normalized spacial score (nSPS) is 11.9. The molecule has 0 spiro atoms. The van der Waals surface area contributed by atoms with E-state index >= 15 is 0 Å². The molecule has 1 amide bonds. The highest BCUT2D eigenvalue weighted by molar-refractivity contribution is 5.94. The smallest absolute Gasteiger partial charge is 0.356 e. The molecule has 2 N–H and O–H groups in total. The monoisotopic (exact) mass is 401 g/mol. The molecule has 0 aliphatic heterocycles. The maximum Gasteiger partial charge on any atom is 0.356 e. The minimum absolute atomic E-state index is 0.0443. The molecule has 0 fully saturated rings. The Kier molecular flexibility index (Phi) is 5.62. The number of aromatic nitrogens is 4. The van der Waals surface area contributed by atoms with E-state index in [1.807, 2.05) is 0 Å². The maximum atomic E-state index is 13.3. The summed E-state index contributed by atoms with van der Waals surface area (Å²) in [5, 5.41) is 20.0. The molecule has 2 heterocycles. The SMILES string of the molecule is Cc1nn(COc2cccc(F)c2)c(C)c1NC(=O)C(C)n1ccc(C(=O)O)n1. The Labute approximate surface area is 165 Å². The lowest BCUT2D eigenvalue weighted by Crippen LogP contribution is -2.25.